The molecule has 1 saturated heterocycles. The molecule has 0 aromatic rings. The largest absolute Gasteiger partial charge is 0.466 e. The zero-order valence-electron chi connectivity index (χ0n) is 6.33. The van der Waals surface area contributed by atoms with E-state index in [1.165, 1.54) is 7.11 Å². The average Bonchev–Trinajstić information content (AvgIpc) is 2.03. The highest BCUT2D eigenvalue weighted by molar-refractivity contribution is 5.80. The fourth-order valence-electron chi connectivity index (χ4n) is 1.01. The van der Waals surface area contributed by atoms with E-state index in [1.54, 1.807) is 0 Å². The highest BCUT2D eigenvalue weighted by Crippen LogP contribution is 2.14. The van der Waals surface area contributed by atoms with Crippen molar-refractivity contribution in [1.82, 2.24) is 0 Å². The van der Waals surface area contributed by atoms with Gasteiger partial charge in [0, 0.05) is 6.42 Å². The van der Waals surface area contributed by atoms with Crippen molar-refractivity contribution >= 4 is 11.9 Å². The number of hydrogen-bond acceptors (Lipinski definition) is 4. The number of methoxy groups -OCH3 is 1. The second-order valence-corrected chi connectivity index (χ2v) is 2.39. The van der Waals surface area contributed by atoms with Gasteiger partial charge in [-0.05, 0) is 12.8 Å². The van der Waals surface area contributed by atoms with E-state index >= 15 is 0 Å². The lowest BCUT2D eigenvalue weighted by Gasteiger charge is -2.19. The first-order chi connectivity index (χ1) is 5.24. The minimum Gasteiger partial charge on any atom is -0.466 e. The van der Waals surface area contributed by atoms with Crippen LogP contribution in [-0.2, 0) is 19.1 Å². The Hall–Kier alpha value is -1.06. The molecule has 0 saturated carbocycles. The zero-order chi connectivity index (χ0) is 8.27. The summed E-state index contributed by atoms with van der Waals surface area (Å²) in [4.78, 5) is 21.5. The maximum absolute atomic E-state index is 10.8. The summed E-state index contributed by atoms with van der Waals surface area (Å²) in [6.07, 6.45) is 1.03. The molecule has 11 heavy (non-hydrogen) atoms. The van der Waals surface area contributed by atoms with Gasteiger partial charge in [-0.2, -0.15) is 0 Å². The van der Waals surface area contributed by atoms with Gasteiger partial charge in [0.05, 0.1) is 7.11 Å². The van der Waals surface area contributed by atoms with Crippen LogP contribution in [0.1, 0.15) is 19.3 Å². The number of carbonyl (C=O) groups excluding carboxylic acids is 2. The van der Waals surface area contributed by atoms with Crippen molar-refractivity contribution in [3.63, 3.8) is 0 Å². The first kappa shape index (κ1) is 8.04. The number of rotatable bonds is 1. The standard InChI is InChI=1S/C7H10O4/c1-10-7(9)5-3-2-4-6(8)11-5/h5H,2-4H2,1H3. The Morgan fingerprint density at radius 3 is 3.00 bits per heavy atom. The molecule has 1 rings (SSSR count). The quantitative estimate of drug-likeness (QED) is 0.513. The summed E-state index contributed by atoms with van der Waals surface area (Å²) >= 11 is 0. The molecule has 0 N–H and O–H groups in total. The highest BCUT2D eigenvalue weighted by atomic mass is 16.6. The van der Waals surface area contributed by atoms with Crippen molar-refractivity contribution in [2.24, 2.45) is 0 Å². The van der Waals surface area contributed by atoms with Crippen LogP contribution in [-0.4, -0.2) is 25.2 Å². The summed E-state index contributed by atoms with van der Waals surface area (Å²) in [6, 6.07) is 0. The number of ether oxygens (including phenoxy) is 2. The van der Waals surface area contributed by atoms with Gasteiger partial charge in [-0.1, -0.05) is 0 Å². The van der Waals surface area contributed by atoms with Crippen molar-refractivity contribution in [2.75, 3.05) is 7.11 Å². The lowest BCUT2D eigenvalue weighted by molar-refractivity contribution is -0.170. The Morgan fingerprint density at radius 2 is 2.45 bits per heavy atom. The third kappa shape index (κ3) is 1.93. The van der Waals surface area contributed by atoms with Gasteiger partial charge in [0.1, 0.15) is 0 Å². The first-order valence-corrected chi connectivity index (χ1v) is 3.51. The number of hydrogen-bond donors (Lipinski definition) is 0. The minimum absolute atomic E-state index is 0.313. The van der Waals surface area contributed by atoms with E-state index in [0.29, 0.717) is 19.3 Å². The van der Waals surface area contributed by atoms with Crippen LogP contribution in [0.5, 0.6) is 0 Å². The Kier molecular flexibility index (Phi) is 2.46. The van der Waals surface area contributed by atoms with E-state index in [1.807, 2.05) is 0 Å². The van der Waals surface area contributed by atoms with Gasteiger partial charge in [0.25, 0.3) is 0 Å². The van der Waals surface area contributed by atoms with Crippen molar-refractivity contribution in [2.45, 2.75) is 25.4 Å². The molecule has 1 unspecified atom stereocenters. The van der Waals surface area contributed by atoms with Gasteiger partial charge in [-0.25, -0.2) is 4.79 Å². The molecule has 0 radical (unpaired) electrons. The maximum Gasteiger partial charge on any atom is 0.347 e. The van der Waals surface area contributed by atoms with Crippen LogP contribution in [0.3, 0.4) is 0 Å². The third-order valence-electron chi connectivity index (χ3n) is 1.58. The van der Waals surface area contributed by atoms with E-state index < -0.39 is 12.1 Å². The monoisotopic (exact) mass is 158 g/mol. The zero-order valence-corrected chi connectivity index (χ0v) is 6.33. The van der Waals surface area contributed by atoms with Crippen LogP contribution in [0.25, 0.3) is 0 Å². The molecule has 0 aromatic heterocycles. The summed E-state index contributed by atoms with van der Waals surface area (Å²) in [5.74, 6) is -0.773. The van der Waals surface area contributed by atoms with Crippen LogP contribution < -0.4 is 0 Å². The third-order valence-corrected chi connectivity index (χ3v) is 1.58. The van der Waals surface area contributed by atoms with Gasteiger partial charge < -0.3 is 9.47 Å². The molecule has 0 aromatic carbocycles. The number of esters is 2. The molecular weight excluding hydrogens is 148 g/mol. The Morgan fingerprint density at radius 1 is 1.73 bits per heavy atom. The van der Waals surface area contributed by atoms with E-state index in [-0.39, 0.29) is 5.97 Å². The van der Waals surface area contributed by atoms with Crippen molar-refractivity contribution in [3.8, 4) is 0 Å². The first-order valence-electron chi connectivity index (χ1n) is 3.51. The Labute approximate surface area is 64.5 Å². The molecule has 1 aliphatic rings. The molecule has 4 nitrogen and oxygen atoms in total. The molecule has 1 atom stereocenters. The maximum atomic E-state index is 10.8. The lowest BCUT2D eigenvalue weighted by Crippen LogP contribution is -2.31. The van der Waals surface area contributed by atoms with Gasteiger partial charge in [-0.15, -0.1) is 0 Å². The topological polar surface area (TPSA) is 52.6 Å². The highest BCUT2D eigenvalue weighted by Gasteiger charge is 2.27. The van der Waals surface area contributed by atoms with Gasteiger partial charge in [0.15, 0.2) is 6.10 Å². The van der Waals surface area contributed by atoms with Crippen LogP contribution in [0.2, 0.25) is 0 Å². The predicted octanol–water partition coefficient (Wildman–Crippen LogP) is 0.255. The molecule has 1 aliphatic heterocycles. The summed E-state index contributed by atoms with van der Waals surface area (Å²) in [5.41, 5.74) is 0. The molecular formula is C7H10O4. The van der Waals surface area contributed by atoms with Crippen molar-refractivity contribution < 1.29 is 19.1 Å². The summed E-state index contributed by atoms with van der Waals surface area (Å²) in [5, 5.41) is 0. The SMILES string of the molecule is COC(=O)C1CCCC(=O)O1. The number of carbonyl (C=O) groups is 2. The van der Waals surface area contributed by atoms with Gasteiger partial charge in [0.2, 0.25) is 0 Å². The smallest absolute Gasteiger partial charge is 0.347 e. The molecule has 4 heteroatoms. The second kappa shape index (κ2) is 3.37. The van der Waals surface area contributed by atoms with E-state index in [9.17, 15) is 9.59 Å². The minimum atomic E-state index is -0.666. The fourth-order valence-corrected chi connectivity index (χ4v) is 1.01. The van der Waals surface area contributed by atoms with E-state index in [2.05, 4.69) is 4.74 Å². The van der Waals surface area contributed by atoms with E-state index in [0.717, 1.165) is 0 Å². The van der Waals surface area contributed by atoms with Gasteiger partial charge >= 0.3 is 11.9 Å². The fraction of sp³-hybridized carbons (Fsp3) is 0.714. The summed E-state index contributed by atoms with van der Waals surface area (Å²) < 4.78 is 9.15. The molecule has 0 amide bonds. The average molecular weight is 158 g/mol. The van der Waals surface area contributed by atoms with Crippen LogP contribution >= 0.6 is 0 Å². The molecule has 0 spiro atoms. The van der Waals surface area contributed by atoms with Crippen LogP contribution in [0, 0.1) is 0 Å². The van der Waals surface area contributed by atoms with Crippen molar-refractivity contribution in [1.29, 1.82) is 0 Å². The molecule has 62 valence electrons. The van der Waals surface area contributed by atoms with Gasteiger partial charge in [-0.3, -0.25) is 4.79 Å². The summed E-state index contributed by atoms with van der Waals surface area (Å²) in [7, 11) is 1.28. The summed E-state index contributed by atoms with van der Waals surface area (Å²) in [6.45, 7) is 0. The number of cyclic esters (lactones) is 1. The second-order valence-electron chi connectivity index (χ2n) is 2.39. The van der Waals surface area contributed by atoms with Crippen LogP contribution in [0.15, 0.2) is 0 Å². The molecule has 1 heterocycles. The molecule has 0 bridgehead atoms. The molecule has 1 fully saturated rings. The lowest BCUT2D eigenvalue weighted by atomic mass is 10.1. The molecule has 0 aliphatic carbocycles. The van der Waals surface area contributed by atoms with Crippen molar-refractivity contribution in [3.05, 3.63) is 0 Å². The van der Waals surface area contributed by atoms with Crippen LogP contribution in [0.4, 0.5) is 0 Å². The Balaban J connectivity index is 2.45. The van der Waals surface area contributed by atoms with E-state index in [4.69, 9.17) is 4.74 Å². The normalized spacial score (nSPS) is 24.1. The predicted molar refractivity (Wildman–Crippen MR) is 35.7 cm³/mol. The Bertz CT molecular complexity index is 175.